The molecule has 0 aliphatic carbocycles. The van der Waals surface area contributed by atoms with Crippen molar-refractivity contribution in [3.05, 3.63) is 41.7 Å². The molecule has 5 rings (SSSR count). The number of carbonyl (C=O) groups is 1. The number of anilines is 1. The molecule has 0 unspecified atom stereocenters. The predicted molar refractivity (Wildman–Crippen MR) is 93.5 cm³/mol. The molecule has 2 bridgehead atoms. The second kappa shape index (κ2) is 6.48. The zero-order chi connectivity index (χ0) is 17.4. The molecule has 0 amide bonds. The Morgan fingerprint density at radius 1 is 1.20 bits per heavy atom. The maximum atomic E-state index is 11.2. The van der Waals surface area contributed by atoms with Gasteiger partial charge in [-0.2, -0.15) is 4.98 Å². The fraction of sp³-hybridized carbons (Fsp3) is 0.500. The van der Waals surface area contributed by atoms with E-state index in [1.807, 2.05) is 6.07 Å². The number of nitrogens with zero attached hydrogens (tertiary/aromatic N) is 5. The minimum atomic E-state index is -1.08. The molecule has 0 spiro atoms. The zero-order valence-electron chi connectivity index (χ0n) is 14.4. The molecule has 3 fully saturated rings. The summed E-state index contributed by atoms with van der Waals surface area (Å²) in [4.78, 5) is 20.2. The minimum absolute atomic E-state index is 0.126. The van der Waals surface area contributed by atoms with Gasteiger partial charge >= 0.3 is 5.97 Å². The van der Waals surface area contributed by atoms with Crippen molar-refractivity contribution in [2.45, 2.75) is 25.4 Å². The molecule has 4 heterocycles. The fourth-order valence-corrected chi connectivity index (χ4v) is 4.11. The summed E-state index contributed by atoms with van der Waals surface area (Å²) in [6, 6.07) is 10.9. The van der Waals surface area contributed by atoms with Crippen LogP contribution in [-0.2, 0) is 13.6 Å². The topological polar surface area (TPSA) is 74.5 Å². The van der Waals surface area contributed by atoms with Gasteiger partial charge in [0.05, 0.1) is 0 Å². The van der Waals surface area contributed by atoms with Crippen LogP contribution >= 0.6 is 0 Å². The standard InChI is InChI=1S/C18H23N5O2/c1-21-18(19-16(20-21)17(24)25)23-11-14-7-8-15(23)12-22(10-14)9-13-5-3-2-4-6-13/h2-6,14-15H,7-12H2,1H3,(H,24,25)/t14-,15+/m1/s1. The molecule has 2 aromatic rings. The number of aryl methyl sites for hydroxylation is 1. The minimum Gasteiger partial charge on any atom is -0.475 e. The molecular weight excluding hydrogens is 318 g/mol. The van der Waals surface area contributed by atoms with E-state index < -0.39 is 5.97 Å². The van der Waals surface area contributed by atoms with Gasteiger partial charge in [-0.15, -0.1) is 5.10 Å². The van der Waals surface area contributed by atoms with Gasteiger partial charge in [0.25, 0.3) is 5.82 Å². The normalized spacial score (nSPS) is 23.6. The molecule has 1 N–H and O–H groups in total. The van der Waals surface area contributed by atoms with E-state index in [1.54, 1.807) is 11.7 Å². The molecule has 3 saturated heterocycles. The number of benzene rings is 1. The number of aromatic nitrogens is 3. The van der Waals surface area contributed by atoms with Gasteiger partial charge in [0, 0.05) is 39.3 Å². The van der Waals surface area contributed by atoms with E-state index in [9.17, 15) is 4.79 Å². The summed E-state index contributed by atoms with van der Waals surface area (Å²) in [7, 11) is 1.77. The van der Waals surface area contributed by atoms with E-state index >= 15 is 0 Å². The molecule has 3 aliphatic heterocycles. The number of aromatic carboxylic acids is 1. The van der Waals surface area contributed by atoms with Gasteiger partial charge in [-0.25, -0.2) is 9.48 Å². The van der Waals surface area contributed by atoms with Crippen molar-refractivity contribution < 1.29 is 9.90 Å². The summed E-state index contributed by atoms with van der Waals surface area (Å²) < 4.78 is 1.60. The summed E-state index contributed by atoms with van der Waals surface area (Å²) in [5, 5.41) is 13.2. The lowest BCUT2D eigenvalue weighted by molar-refractivity contribution is 0.0683. The highest BCUT2D eigenvalue weighted by molar-refractivity contribution is 5.83. The van der Waals surface area contributed by atoms with Crippen LogP contribution in [-0.4, -0.2) is 56.4 Å². The van der Waals surface area contributed by atoms with Gasteiger partial charge in [0.2, 0.25) is 5.95 Å². The van der Waals surface area contributed by atoms with Crippen LogP contribution in [0.3, 0.4) is 0 Å². The van der Waals surface area contributed by atoms with E-state index in [4.69, 9.17) is 5.11 Å². The van der Waals surface area contributed by atoms with E-state index in [1.165, 1.54) is 12.0 Å². The zero-order valence-corrected chi connectivity index (χ0v) is 14.4. The number of hydrogen-bond acceptors (Lipinski definition) is 5. The number of carboxylic acids is 1. The van der Waals surface area contributed by atoms with E-state index in [0.29, 0.717) is 17.9 Å². The number of piperidine rings is 1. The third-order valence-corrected chi connectivity index (χ3v) is 5.23. The lowest BCUT2D eigenvalue weighted by Crippen LogP contribution is -2.45. The molecule has 7 nitrogen and oxygen atoms in total. The van der Waals surface area contributed by atoms with Gasteiger partial charge in [-0.05, 0) is 24.3 Å². The van der Waals surface area contributed by atoms with E-state index in [2.05, 4.69) is 44.1 Å². The predicted octanol–water partition coefficient (Wildman–Crippen LogP) is 1.61. The summed E-state index contributed by atoms with van der Waals surface area (Å²) in [5.74, 6) is 0.0485. The van der Waals surface area contributed by atoms with Crippen molar-refractivity contribution in [1.29, 1.82) is 0 Å². The van der Waals surface area contributed by atoms with Gasteiger partial charge in [-0.1, -0.05) is 30.3 Å². The van der Waals surface area contributed by atoms with Gasteiger partial charge in [0.15, 0.2) is 0 Å². The molecule has 0 saturated carbocycles. The Hall–Kier alpha value is -2.41. The third kappa shape index (κ3) is 3.24. The van der Waals surface area contributed by atoms with Crippen molar-refractivity contribution in [3.63, 3.8) is 0 Å². The van der Waals surface area contributed by atoms with Crippen LogP contribution in [0.4, 0.5) is 5.95 Å². The summed E-state index contributed by atoms with van der Waals surface area (Å²) in [6.07, 6.45) is 2.33. The quantitative estimate of drug-likeness (QED) is 0.911. The lowest BCUT2D eigenvalue weighted by Gasteiger charge is -2.36. The van der Waals surface area contributed by atoms with Gasteiger partial charge in [0.1, 0.15) is 0 Å². The maximum absolute atomic E-state index is 11.2. The first-order valence-electron chi connectivity index (χ1n) is 8.77. The van der Waals surface area contributed by atoms with E-state index in [-0.39, 0.29) is 5.82 Å². The molecule has 7 heteroatoms. The van der Waals surface area contributed by atoms with Crippen LogP contribution in [0.1, 0.15) is 29.0 Å². The SMILES string of the molecule is Cn1nc(C(=O)O)nc1N1C[C@@H]2CC[C@H]1CN(Cc1ccccc1)C2. The molecule has 2 atom stereocenters. The monoisotopic (exact) mass is 341 g/mol. The molecule has 0 radical (unpaired) electrons. The number of hydrogen-bond donors (Lipinski definition) is 1. The summed E-state index contributed by atoms with van der Waals surface area (Å²) in [5.41, 5.74) is 1.34. The van der Waals surface area contributed by atoms with Crippen LogP contribution in [0.15, 0.2) is 30.3 Å². The van der Waals surface area contributed by atoms with Crippen LogP contribution in [0.2, 0.25) is 0 Å². The number of fused-ring (bicyclic) bond motifs is 4. The molecule has 1 aromatic heterocycles. The Morgan fingerprint density at radius 2 is 2.00 bits per heavy atom. The number of carboxylic acid groups (broad SMARTS) is 1. The van der Waals surface area contributed by atoms with Crippen molar-refractivity contribution in [3.8, 4) is 0 Å². The van der Waals surface area contributed by atoms with Crippen molar-refractivity contribution in [1.82, 2.24) is 19.7 Å². The highest BCUT2D eigenvalue weighted by Crippen LogP contribution is 2.31. The van der Waals surface area contributed by atoms with Crippen LogP contribution in [0.5, 0.6) is 0 Å². The molecular formula is C18H23N5O2. The Labute approximate surface area is 146 Å². The van der Waals surface area contributed by atoms with Crippen molar-refractivity contribution in [2.24, 2.45) is 13.0 Å². The van der Waals surface area contributed by atoms with Crippen LogP contribution < -0.4 is 4.90 Å². The van der Waals surface area contributed by atoms with E-state index in [0.717, 1.165) is 32.6 Å². The average Bonchev–Trinajstić information content (AvgIpc) is 2.78. The Balaban J connectivity index is 1.54. The second-order valence-electron chi connectivity index (χ2n) is 7.09. The van der Waals surface area contributed by atoms with Gasteiger partial charge in [-0.3, -0.25) is 4.90 Å². The smallest absolute Gasteiger partial charge is 0.375 e. The maximum Gasteiger partial charge on any atom is 0.375 e. The highest BCUT2D eigenvalue weighted by atomic mass is 16.4. The first-order valence-corrected chi connectivity index (χ1v) is 8.77. The highest BCUT2D eigenvalue weighted by Gasteiger charge is 2.37. The van der Waals surface area contributed by atoms with Crippen molar-refractivity contribution >= 4 is 11.9 Å². The van der Waals surface area contributed by atoms with Crippen LogP contribution in [0, 0.1) is 5.92 Å². The first kappa shape index (κ1) is 16.1. The Bertz CT molecular complexity index is 760. The summed E-state index contributed by atoms with van der Waals surface area (Å²) >= 11 is 0. The third-order valence-electron chi connectivity index (χ3n) is 5.23. The average molecular weight is 341 g/mol. The second-order valence-corrected chi connectivity index (χ2v) is 7.09. The largest absolute Gasteiger partial charge is 0.475 e. The van der Waals surface area contributed by atoms with Crippen molar-refractivity contribution in [2.75, 3.05) is 24.5 Å². The fourth-order valence-electron chi connectivity index (χ4n) is 4.11. The first-order chi connectivity index (χ1) is 12.1. The molecule has 1 aromatic carbocycles. The van der Waals surface area contributed by atoms with Gasteiger partial charge < -0.3 is 10.0 Å². The summed E-state index contributed by atoms with van der Waals surface area (Å²) in [6.45, 7) is 3.93. The number of rotatable bonds is 4. The molecule has 25 heavy (non-hydrogen) atoms. The van der Waals surface area contributed by atoms with Crippen LogP contribution in [0.25, 0.3) is 0 Å². The molecule has 3 aliphatic rings. The molecule has 132 valence electrons. The Kier molecular flexibility index (Phi) is 4.17. The lowest BCUT2D eigenvalue weighted by atomic mass is 9.95. The Morgan fingerprint density at radius 3 is 2.72 bits per heavy atom.